The second kappa shape index (κ2) is 3.48. The van der Waals surface area contributed by atoms with Gasteiger partial charge in [-0.3, -0.25) is 0 Å². The van der Waals surface area contributed by atoms with E-state index in [0.717, 1.165) is 5.76 Å². The molecule has 0 saturated heterocycles. The van der Waals surface area contributed by atoms with Gasteiger partial charge < -0.3 is 20.9 Å². The van der Waals surface area contributed by atoms with Crippen molar-refractivity contribution in [2.45, 2.75) is 6.42 Å². The second-order valence-electron chi connectivity index (χ2n) is 3.61. The average Bonchev–Trinajstić information content (AvgIpc) is 2.86. The van der Waals surface area contributed by atoms with Gasteiger partial charge in [0.1, 0.15) is 11.3 Å². The number of nitrogens with two attached hydrogens (primary N) is 2. The predicted molar refractivity (Wildman–Crippen MR) is 62.0 cm³/mol. The number of nitrogens with zero attached hydrogens (tertiary/aromatic N) is 3. The molecule has 5 N–H and O–H groups in total. The Morgan fingerprint density at radius 3 is 2.88 bits per heavy atom. The van der Waals surface area contributed by atoms with Crippen molar-refractivity contribution in [1.29, 1.82) is 0 Å². The van der Waals surface area contributed by atoms with Gasteiger partial charge in [0, 0.05) is 0 Å². The fourth-order valence-electron chi connectivity index (χ4n) is 1.70. The first-order valence-corrected chi connectivity index (χ1v) is 5.02. The van der Waals surface area contributed by atoms with Crippen molar-refractivity contribution in [2.24, 2.45) is 0 Å². The Bertz CT molecular complexity index is 657. The number of fused-ring (bicyclic) bond motifs is 1. The molecule has 0 aromatic carbocycles. The topological polar surface area (TPSA) is 120 Å². The van der Waals surface area contributed by atoms with Crippen LogP contribution >= 0.6 is 0 Å². The monoisotopic (exact) mass is 230 g/mol. The summed E-state index contributed by atoms with van der Waals surface area (Å²) in [7, 11) is 0. The smallest absolute Gasteiger partial charge is 0.222 e. The van der Waals surface area contributed by atoms with Crippen LogP contribution < -0.4 is 11.5 Å². The summed E-state index contributed by atoms with van der Waals surface area (Å²) in [4.78, 5) is 15.1. The maximum Gasteiger partial charge on any atom is 0.222 e. The van der Waals surface area contributed by atoms with Crippen molar-refractivity contribution < 1.29 is 4.42 Å². The van der Waals surface area contributed by atoms with Gasteiger partial charge in [0.2, 0.25) is 5.95 Å². The van der Waals surface area contributed by atoms with Gasteiger partial charge in [0.25, 0.3) is 0 Å². The zero-order chi connectivity index (χ0) is 11.8. The van der Waals surface area contributed by atoms with Crippen LogP contribution in [0.15, 0.2) is 22.8 Å². The summed E-state index contributed by atoms with van der Waals surface area (Å²) in [6, 6.07) is 3.68. The van der Waals surface area contributed by atoms with E-state index in [-0.39, 0.29) is 5.95 Å². The molecule has 0 atom stereocenters. The molecule has 0 fully saturated rings. The summed E-state index contributed by atoms with van der Waals surface area (Å²) in [6.45, 7) is 0. The molecule has 3 aromatic rings. The highest BCUT2D eigenvalue weighted by molar-refractivity contribution is 5.76. The molecule has 86 valence electrons. The van der Waals surface area contributed by atoms with E-state index in [1.165, 1.54) is 0 Å². The molecular weight excluding hydrogens is 220 g/mol. The first kappa shape index (κ1) is 9.64. The number of aromatic amines is 1. The van der Waals surface area contributed by atoms with Crippen LogP contribution in [0.5, 0.6) is 0 Å². The van der Waals surface area contributed by atoms with Crippen LogP contribution in [0.25, 0.3) is 11.2 Å². The zero-order valence-electron chi connectivity index (χ0n) is 8.84. The Hall–Kier alpha value is -2.57. The van der Waals surface area contributed by atoms with Crippen LogP contribution in [-0.4, -0.2) is 19.9 Å². The summed E-state index contributed by atoms with van der Waals surface area (Å²) in [5.74, 6) is 1.25. The largest absolute Gasteiger partial charge is 0.469 e. The molecule has 3 rings (SSSR count). The summed E-state index contributed by atoms with van der Waals surface area (Å²) in [6.07, 6.45) is 2.12. The van der Waals surface area contributed by atoms with Crippen molar-refractivity contribution in [3.8, 4) is 0 Å². The van der Waals surface area contributed by atoms with Crippen LogP contribution in [0.3, 0.4) is 0 Å². The number of imidazole rings is 1. The van der Waals surface area contributed by atoms with Gasteiger partial charge in [-0.1, -0.05) is 0 Å². The maximum atomic E-state index is 5.62. The van der Waals surface area contributed by atoms with Crippen LogP contribution in [0, 0.1) is 0 Å². The molecule has 0 aliphatic carbocycles. The summed E-state index contributed by atoms with van der Waals surface area (Å²) >= 11 is 0. The molecule has 17 heavy (non-hydrogen) atoms. The molecule has 0 unspecified atom stereocenters. The lowest BCUT2D eigenvalue weighted by molar-refractivity contribution is 0.519. The molecule has 0 aliphatic heterocycles. The number of hydrogen-bond acceptors (Lipinski definition) is 6. The molecule has 0 spiro atoms. The molecule has 0 amide bonds. The van der Waals surface area contributed by atoms with Gasteiger partial charge in [-0.15, -0.1) is 0 Å². The van der Waals surface area contributed by atoms with E-state index in [0.29, 0.717) is 29.2 Å². The Morgan fingerprint density at radius 2 is 2.12 bits per heavy atom. The number of anilines is 2. The molecule has 7 heteroatoms. The second-order valence-corrected chi connectivity index (χ2v) is 3.61. The first-order chi connectivity index (χ1) is 8.22. The molecular formula is C10H10N6O. The Labute approximate surface area is 95.9 Å². The number of rotatable bonds is 2. The summed E-state index contributed by atoms with van der Waals surface area (Å²) in [5, 5.41) is 0. The minimum atomic E-state index is 0.172. The molecule has 0 saturated carbocycles. The molecule has 3 aromatic heterocycles. The van der Waals surface area contributed by atoms with Gasteiger partial charge in [-0.25, -0.2) is 4.98 Å². The van der Waals surface area contributed by atoms with Crippen molar-refractivity contribution in [3.63, 3.8) is 0 Å². The highest BCUT2D eigenvalue weighted by Crippen LogP contribution is 2.18. The lowest BCUT2D eigenvalue weighted by Crippen LogP contribution is -2.01. The number of hydrogen-bond donors (Lipinski definition) is 3. The minimum Gasteiger partial charge on any atom is -0.469 e. The van der Waals surface area contributed by atoms with Crippen LogP contribution in [0.2, 0.25) is 0 Å². The molecule has 3 heterocycles. The third-order valence-electron chi connectivity index (χ3n) is 2.38. The van der Waals surface area contributed by atoms with Crippen molar-refractivity contribution in [3.05, 3.63) is 29.9 Å². The zero-order valence-corrected chi connectivity index (χ0v) is 8.84. The number of H-pyrrole nitrogens is 1. The number of aromatic nitrogens is 4. The van der Waals surface area contributed by atoms with E-state index < -0.39 is 0 Å². The van der Waals surface area contributed by atoms with Crippen LogP contribution in [0.1, 0.15) is 11.5 Å². The first-order valence-electron chi connectivity index (χ1n) is 5.02. The fourth-order valence-corrected chi connectivity index (χ4v) is 1.70. The van der Waals surface area contributed by atoms with Gasteiger partial charge in [0.15, 0.2) is 11.6 Å². The van der Waals surface area contributed by atoms with Crippen molar-refractivity contribution >= 4 is 23.1 Å². The van der Waals surface area contributed by atoms with E-state index in [1.54, 1.807) is 6.26 Å². The standard InChI is InChI=1S/C10H10N6O/c11-9-13-6(4-5-2-1-3-17-5)7-8(15-9)16-10(12)14-7/h1-3H,4H2,(H5,11,12,13,14,15,16). The van der Waals surface area contributed by atoms with E-state index in [2.05, 4.69) is 19.9 Å². The van der Waals surface area contributed by atoms with E-state index in [4.69, 9.17) is 15.9 Å². The van der Waals surface area contributed by atoms with Crippen LogP contribution in [-0.2, 0) is 6.42 Å². The van der Waals surface area contributed by atoms with Crippen molar-refractivity contribution in [1.82, 2.24) is 19.9 Å². The predicted octanol–water partition coefficient (Wildman–Crippen LogP) is 0.701. The maximum absolute atomic E-state index is 5.62. The van der Waals surface area contributed by atoms with E-state index in [1.807, 2.05) is 12.1 Å². The lowest BCUT2D eigenvalue weighted by Gasteiger charge is -2.00. The van der Waals surface area contributed by atoms with Gasteiger partial charge >= 0.3 is 0 Å². The Kier molecular flexibility index (Phi) is 1.97. The van der Waals surface area contributed by atoms with E-state index >= 15 is 0 Å². The quantitative estimate of drug-likeness (QED) is 0.596. The third kappa shape index (κ3) is 1.67. The molecule has 0 aliphatic rings. The van der Waals surface area contributed by atoms with E-state index in [9.17, 15) is 0 Å². The summed E-state index contributed by atoms with van der Waals surface area (Å²) < 4.78 is 5.27. The SMILES string of the molecule is Nc1nc(Cc2ccco2)c2[nH]c(N)nc2n1. The average molecular weight is 230 g/mol. The highest BCUT2D eigenvalue weighted by Gasteiger charge is 2.12. The molecule has 0 radical (unpaired) electrons. The number of nitrogens with one attached hydrogen (secondary N) is 1. The number of furan rings is 1. The number of nitrogen functional groups attached to an aromatic ring is 2. The lowest BCUT2D eigenvalue weighted by atomic mass is 10.2. The van der Waals surface area contributed by atoms with Gasteiger partial charge in [0.05, 0.1) is 18.4 Å². The van der Waals surface area contributed by atoms with Gasteiger partial charge in [-0.05, 0) is 12.1 Å². The molecule has 7 nitrogen and oxygen atoms in total. The Balaban J connectivity index is 2.14. The summed E-state index contributed by atoms with van der Waals surface area (Å²) in [5.41, 5.74) is 13.1. The molecule has 0 bridgehead atoms. The van der Waals surface area contributed by atoms with Crippen LogP contribution in [0.4, 0.5) is 11.9 Å². The third-order valence-corrected chi connectivity index (χ3v) is 2.38. The Morgan fingerprint density at radius 1 is 1.24 bits per heavy atom. The minimum absolute atomic E-state index is 0.172. The highest BCUT2D eigenvalue weighted by atomic mass is 16.3. The van der Waals surface area contributed by atoms with Crippen molar-refractivity contribution in [2.75, 3.05) is 11.5 Å². The normalized spacial score (nSPS) is 11.1. The fraction of sp³-hybridized carbons (Fsp3) is 0.100. The van der Waals surface area contributed by atoms with Gasteiger partial charge in [-0.2, -0.15) is 9.97 Å².